The van der Waals surface area contributed by atoms with Crippen LogP contribution in [0.4, 0.5) is 0 Å². The van der Waals surface area contributed by atoms with E-state index in [0.29, 0.717) is 22.9 Å². The molecule has 1 aliphatic heterocycles. The number of para-hydroxylation sites is 1. The molecular weight excluding hydrogens is 484 g/mol. The molecule has 0 bridgehead atoms. The maximum atomic E-state index is 13.9. The van der Waals surface area contributed by atoms with E-state index >= 15 is 0 Å². The van der Waals surface area contributed by atoms with Gasteiger partial charge in [-0.2, -0.15) is 5.10 Å². The number of nitrogens with zero attached hydrogens (tertiary/aromatic N) is 3. The van der Waals surface area contributed by atoms with Gasteiger partial charge in [-0.1, -0.05) is 18.2 Å². The number of carbonyl (C=O) groups excluding carboxylic acids is 2. The van der Waals surface area contributed by atoms with E-state index in [4.69, 9.17) is 19.0 Å². The van der Waals surface area contributed by atoms with Gasteiger partial charge in [0, 0.05) is 17.7 Å². The summed E-state index contributed by atoms with van der Waals surface area (Å²) in [6.45, 7) is 4.19. The number of nitrogens with one attached hydrogen (secondary N) is 1. The molecule has 0 aliphatic carbocycles. The molecule has 196 valence electrons. The SMILES string of the molecule is COc1ccc(-c2cc3n(n2)CC(C)(C(=O)NCc2ccccc2OC)N(Cc2ccc(C)o2)C3=O)cc1. The number of aromatic nitrogens is 2. The third kappa shape index (κ3) is 4.63. The van der Waals surface area contributed by atoms with Crippen LogP contribution in [-0.2, 0) is 24.4 Å². The fourth-order valence-electron chi connectivity index (χ4n) is 4.73. The van der Waals surface area contributed by atoms with Crippen LogP contribution in [0, 0.1) is 6.92 Å². The molecule has 9 heteroatoms. The number of methoxy groups -OCH3 is 2. The molecule has 2 amide bonds. The van der Waals surface area contributed by atoms with E-state index < -0.39 is 5.54 Å². The van der Waals surface area contributed by atoms with Gasteiger partial charge in [0.1, 0.15) is 34.3 Å². The van der Waals surface area contributed by atoms with Crippen molar-refractivity contribution in [2.24, 2.45) is 0 Å². The lowest BCUT2D eigenvalue weighted by atomic mass is 9.94. The van der Waals surface area contributed by atoms with Gasteiger partial charge in [0.15, 0.2) is 0 Å². The Kier molecular flexibility index (Phi) is 6.67. The summed E-state index contributed by atoms with van der Waals surface area (Å²) < 4.78 is 18.1. The van der Waals surface area contributed by atoms with Crippen molar-refractivity contribution in [1.29, 1.82) is 0 Å². The van der Waals surface area contributed by atoms with Gasteiger partial charge in [0.2, 0.25) is 5.91 Å². The zero-order valence-electron chi connectivity index (χ0n) is 21.9. The first kappa shape index (κ1) is 25.1. The normalized spacial score (nSPS) is 16.7. The van der Waals surface area contributed by atoms with Crippen molar-refractivity contribution < 1.29 is 23.5 Å². The summed E-state index contributed by atoms with van der Waals surface area (Å²) in [5, 5.41) is 7.71. The molecule has 1 atom stereocenters. The Morgan fingerprint density at radius 1 is 1.08 bits per heavy atom. The molecule has 2 aromatic heterocycles. The van der Waals surface area contributed by atoms with E-state index in [1.165, 1.54) is 0 Å². The molecule has 4 aromatic rings. The van der Waals surface area contributed by atoms with Crippen LogP contribution < -0.4 is 14.8 Å². The number of hydrogen-bond donors (Lipinski definition) is 1. The van der Waals surface area contributed by atoms with Crippen LogP contribution in [0.5, 0.6) is 11.5 Å². The second-order valence-corrected chi connectivity index (χ2v) is 9.47. The van der Waals surface area contributed by atoms with Crippen molar-refractivity contribution >= 4 is 11.8 Å². The van der Waals surface area contributed by atoms with Gasteiger partial charge < -0.3 is 24.1 Å². The van der Waals surface area contributed by atoms with Crippen LogP contribution in [0.3, 0.4) is 0 Å². The van der Waals surface area contributed by atoms with E-state index in [1.807, 2.05) is 67.6 Å². The molecule has 1 N–H and O–H groups in total. The predicted molar refractivity (Wildman–Crippen MR) is 141 cm³/mol. The van der Waals surface area contributed by atoms with Crippen molar-refractivity contribution in [3.8, 4) is 22.8 Å². The maximum Gasteiger partial charge on any atom is 0.273 e. The predicted octanol–water partition coefficient (Wildman–Crippen LogP) is 4.20. The van der Waals surface area contributed by atoms with Crippen molar-refractivity contribution in [2.75, 3.05) is 14.2 Å². The van der Waals surface area contributed by atoms with Gasteiger partial charge in [0.05, 0.1) is 33.0 Å². The Morgan fingerprint density at radius 2 is 1.84 bits per heavy atom. The first-order chi connectivity index (χ1) is 18.3. The minimum Gasteiger partial charge on any atom is -0.497 e. The van der Waals surface area contributed by atoms with Crippen molar-refractivity contribution in [3.63, 3.8) is 0 Å². The Hall–Kier alpha value is -4.53. The average Bonchev–Trinajstić information content (AvgIpc) is 3.55. The van der Waals surface area contributed by atoms with Crippen molar-refractivity contribution in [3.05, 3.63) is 89.5 Å². The fraction of sp³-hybridized carbons (Fsp3) is 0.276. The Bertz CT molecular complexity index is 1470. The number of aryl methyl sites for hydroxylation is 1. The Labute approximate surface area is 221 Å². The summed E-state index contributed by atoms with van der Waals surface area (Å²) in [5.74, 6) is 2.15. The van der Waals surface area contributed by atoms with Gasteiger partial charge in [0.25, 0.3) is 5.91 Å². The Balaban J connectivity index is 1.48. The number of amides is 2. The summed E-state index contributed by atoms with van der Waals surface area (Å²) in [6, 6.07) is 20.4. The molecule has 5 rings (SSSR count). The summed E-state index contributed by atoms with van der Waals surface area (Å²) in [4.78, 5) is 29.2. The minimum absolute atomic E-state index is 0.147. The summed E-state index contributed by atoms with van der Waals surface area (Å²) in [7, 11) is 3.20. The smallest absolute Gasteiger partial charge is 0.273 e. The summed E-state index contributed by atoms with van der Waals surface area (Å²) in [5.41, 5.74) is 1.51. The standard InChI is InChI=1S/C29H30N4O5/c1-19-9-12-23(38-19)17-32-27(34)25-15-24(20-10-13-22(36-3)14-11-20)31-33(25)18-29(32,2)28(35)30-16-21-7-5-6-8-26(21)37-4/h5-15H,16-18H2,1-4H3,(H,30,35). The fourth-order valence-corrected chi connectivity index (χ4v) is 4.73. The van der Waals surface area contributed by atoms with Gasteiger partial charge >= 0.3 is 0 Å². The van der Waals surface area contributed by atoms with Crippen molar-refractivity contribution in [1.82, 2.24) is 20.0 Å². The largest absolute Gasteiger partial charge is 0.497 e. The highest BCUT2D eigenvalue weighted by molar-refractivity contribution is 6.00. The molecule has 0 saturated carbocycles. The summed E-state index contributed by atoms with van der Waals surface area (Å²) in [6.07, 6.45) is 0. The average molecular weight is 515 g/mol. The van der Waals surface area contributed by atoms with E-state index in [2.05, 4.69) is 5.32 Å². The van der Waals surface area contributed by atoms with E-state index in [-0.39, 0.29) is 31.4 Å². The molecule has 2 aromatic carbocycles. The molecule has 1 aliphatic rings. The number of rotatable bonds is 8. The number of ether oxygens (including phenoxy) is 2. The maximum absolute atomic E-state index is 13.9. The molecular formula is C29H30N4O5. The number of carbonyl (C=O) groups is 2. The first-order valence-electron chi connectivity index (χ1n) is 12.3. The van der Waals surface area contributed by atoms with Gasteiger partial charge in [-0.25, -0.2) is 0 Å². The third-order valence-corrected chi connectivity index (χ3v) is 6.91. The number of fused-ring (bicyclic) bond motifs is 1. The van der Waals surface area contributed by atoms with Crippen LogP contribution in [0.15, 0.2) is 71.1 Å². The van der Waals surface area contributed by atoms with E-state index in [9.17, 15) is 9.59 Å². The molecule has 0 saturated heterocycles. The second kappa shape index (κ2) is 10.1. The zero-order chi connectivity index (χ0) is 26.9. The highest BCUT2D eigenvalue weighted by Crippen LogP contribution is 2.32. The van der Waals surface area contributed by atoms with Crippen LogP contribution in [-0.4, -0.2) is 46.3 Å². The first-order valence-corrected chi connectivity index (χ1v) is 12.3. The molecule has 0 spiro atoms. The minimum atomic E-state index is -1.23. The zero-order valence-corrected chi connectivity index (χ0v) is 21.9. The van der Waals surface area contributed by atoms with Gasteiger partial charge in [-0.05, 0) is 62.4 Å². The molecule has 3 heterocycles. The highest BCUT2D eigenvalue weighted by Gasteiger charge is 2.48. The topological polar surface area (TPSA) is 98.8 Å². The van der Waals surface area contributed by atoms with Crippen molar-refractivity contribution in [2.45, 2.75) is 39.0 Å². The van der Waals surface area contributed by atoms with E-state index in [0.717, 1.165) is 22.6 Å². The van der Waals surface area contributed by atoms with Crippen LogP contribution >= 0.6 is 0 Å². The lowest BCUT2D eigenvalue weighted by molar-refractivity contribution is -0.133. The second-order valence-electron chi connectivity index (χ2n) is 9.47. The van der Waals surface area contributed by atoms with Crippen LogP contribution in [0.25, 0.3) is 11.3 Å². The van der Waals surface area contributed by atoms with E-state index in [1.54, 1.807) is 36.8 Å². The molecule has 0 fully saturated rings. The van der Waals surface area contributed by atoms with Crippen LogP contribution in [0.2, 0.25) is 0 Å². The third-order valence-electron chi connectivity index (χ3n) is 6.91. The lowest BCUT2D eigenvalue weighted by Gasteiger charge is -2.42. The lowest BCUT2D eigenvalue weighted by Crippen LogP contribution is -2.63. The molecule has 0 radical (unpaired) electrons. The molecule has 38 heavy (non-hydrogen) atoms. The quantitative estimate of drug-likeness (QED) is 0.378. The van der Waals surface area contributed by atoms with Gasteiger partial charge in [-0.15, -0.1) is 0 Å². The number of furan rings is 1. The molecule has 9 nitrogen and oxygen atoms in total. The number of hydrogen-bond acceptors (Lipinski definition) is 6. The Morgan fingerprint density at radius 3 is 2.53 bits per heavy atom. The number of benzene rings is 2. The van der Waals surface area contributed by atoms with Gasteiger partial charge in [-0.3, -0.25) is 14.3 Å². The highest BCUT2D eigenvalue weighted by atomic mass is 16.5. The monoisotopic (exact) mass is 514 g/mol. The van der Waals surface area contributed by atoms with Crippen LogP contribution in [0.1, 0.15) is 34.5 Å². The molecule has 1 unspecified atom stereocenters. The summed E-state index contributed by atoms with van der Waals surface area (Å²) >= 11 is 0.